The lowest BCUT2D eigenvalue weighted by Crippen LogP contribution is -2.39. The summed E-state index contributed by atoms with van der Waals surface area (Å²) in [6.45, 7) is 3.82. The first-order valence-corrected chi connectivity index (χ1v) is 6.66. The van der Waals surface area contributed by atoms with Crippen LogP contribution >= 0.6 is 0 Å². The zero-order valence-corrected chi connectivity index (χ0v) is 11.9. The van der Waals surface area contributed by atoms with E-state index in [2.05, 4.69) is 25.7 Å². The maximum Gasteiger partial charge on any atom is 0.243 e. The summed E-state index contributed by atoms with van der Waals surface area (Å²) in [7, 11) is 0. The number of hydrogen-bond donors (Lipinski definition) is 5. The van der Waals surface area contributed by atoms with Gasteiger partial charge in [-0.3, -0.25) is 5.43 Å². The molecule has 1 aromatic heterocycles. The second-order valence-corrected chi connectivity index (χ2v) is 5.03. The SMILES string of the molecule is CC(O)(CO)CNc1nc(NN)nc(N2CCOCC2)n1. The molecular weight excluding hydrogens is 278 g/mol. The average molecular weight is 299 g/mol. The molecule has 10 nitrogen and oxygen atoms in total. The minimum Gasteiger partial charge on any atom is -0.393 e. The molecule has 2 rings (SSSR count). The predicted molar refractivity (Wildman–Crippen MR) is 76.9 cm³/mol. The van der Waals surface area contributed by atoms with Crippen LogP contribution in [0, 0.1) is 0 Å². The first-order valence-electron chi connectivity index (χ1n) is 6.66. The van der Waals surface area contributed by atoms with Gasteiger partial charge in [0.1, 0.15) is 5.60 Å². The predicted octanol–water partition coefficient (Wildman–Crippen LogP) is -1.85. The van der Waals surface area contributed by atoms with Gasteiger partial charge in [0, 0.05) is 19.6 Å². The van der Waals surface area contributed by atoms with Crippen molar-refractivity contribution in [2.45, 2.75) is 12.5 Å². The summed E-state index contributed by atoms with van der Waals surface area (Å²) in [6, 6.07) is 0. The fraction of sp³-hybridized carbons (Fsp3) is 0.727. The van der Waals surface area contributed by atoms with Crippen LogP contribution in [0.2, 0.25) is 0 Å². The van der Waals surface area contributed by atoms with Crippen LogP contribution in [0.25, 0.3) is 0 Å². The molecule has 1 fully saturated rings. The molecule has 6 N–H and O–H groups in total. The molecule has 21 heavy (non-hydrogen) atoms. The molecule has 0 bridgehead atoms. The highest BCUT2D eigenvalue weighted by molar-refractivity contribution is 5.43. The van der Waals surface area contributed by atoms with E-state index in [9.17, 15) is 5.11 Å². The van der Waals surface area contributed by atoms with Crippen LogP contribution in [0.3, 0.4) is 0 Å². The lowest BCUT2D eigenvalue weighted by molar-refractivity contribution is 0.0131. The molecule has 0 aromatic carbocycles. The number of aliphatic hydroxyl groups excluding tert-OH is 1. The van der Waals surface area contributed by atoms with Crippen molar-refractivity contribution in [1.82, 2.24) is 15.0 Å². The minimum atomic E-state index is -1.26. The number of hydrogen-bond acceptors (Lipinski definition) is 10. The van der Waals surface area contributed by atoms with Crippen molar-refractivity contribution >= 4 is 17.8 Å². The fourth-order valence-electron chi connectivity index (χ4n) is 1.74. The first-order chi connectivity index (χ1) is 10.0. The van der Waals surface area contributed by atoms with E-state index in [0.717, 1.165) is 0 Å². The summed E-state index contributed by atoms with van der Waals surface area (Å²) in [4.78, 5) is 14.5. The maximum atomic E-state index is 9.78. The smallest absolute Gasteiger partial charge is 0.243 e. The molecule has 0 spiro atoms. The highest BCUT2D eigenvalue weighted by atomic mass is 16.5. The van der Waals surface area contributed by atoms with Crippen molar-refractivity contribution in [2.24, 2.45) is 5.84 Å². The summed E-state index contributed by atoms with van der Waals surface area (Å²) < 4.78 is 5.29. The average Bonchev–Trinajstić information content (AvgIpc) is 2.53. The summed E-state index contributed by atoms with van der Waals surface area (Å²) in [6.07, 6.45) is 0. The number of nitrogens with one attached hydrogen (secondary N) is 2. The molecular formula is C11H21N7O3. The van der Waals surface area contributed by atoms with Gasteiger partial charge in [-0.1, -0.05) is 0 Å². The second-order valence-electron chi connectivity index (χ2n) is 5.03. The van der Waals surface area contributed by atoms with Crippen LogP contribution in [-0.4, -0.2) is 70.2 Å². The van der Waals surface area contributed by atoms with Gasteiger partial charge in [-0.2, -0.15) is 15.0 Å². The monoisotopic (exact) mass is 299 g/mol. The first kappa shape index (κ1) is 15.6. The number of morpholine rings is 1. The van der Waals surface area contributed by atoms with Gasteiger partial charge >= 0.3 is 0 Å². The van der Waals surface area contributed by atoms with Gasteiger partial charge in [-0.05, 0) is 6.92 Å². The van der Waals surface area contributed by atoms with Crippen LogP contribution in [0.1, 0.15) is 6.92 Å². The van der Waals surface area contributed by atoms with E-state index in [4.69, 9.17) is 15.7 Å². The Kier molecular flexibility index (Phi) is 5.07. The van der Waals surface area contributed by atoms with Gasteiger partial charge in [-0.25, -0.2) is 5.84 Å². The molecule has 0 amide bonds. The van der Waals surface area contributed by atoms with Crippen LogP contribution in [0.15, 0.2) is 0 Å². The second kappa shape index (κ2) is 6.80. The van der Waals surface area contributed by atoms with Crippen molar-refractivity contribution in [2.75, 3.05) is 55.1 Å². The van der Waals surface area contributed by atoms with E-state index in [1.54, 1.807) is 0 Å². The number of ether oxygens (including phenoxy) is 1. The molecule has 2 heterocycles. The Balaban J connectivity index is 2.13. The number of aliphatic hydroxyl groups is 2. The lowest BCUT2D eigenvalue weighted by atomic mass is 10.1. The standard InChI is InChI=1S/C11H21N7O3/c1-11(20,7-19)6-13-8-14-9(17-12)16-10(15-8)18-2-4-21-5-3-18/h19-20H,2-7,12H2,1H3,(H2,13,14,15,16,17). The molecule has 0 saturated carbocycles. The van der Waals surface area contributed by atoms with Crippen molar-refractivity contribution in [3.8, 4) is 0 Å². The molecule has 10 heteroatoms. The molecule has 1 saturated heterocycles. The van der Waals surface area contributed by atoms with E-state index < -0.39 is 5.60 Å². The Labute approximate surface area is 122 Å². The molecule has 1 aliphatic rings. The molecule has 0 radical (unpaired) electrons. The number of hydrazine groups is 1. The van der Waals surface area contributed by atoms with Crippen LogP contribution in [-0.2, 0) is 4.74 Å². The third-order valence-corrected chi connectivity index (χ3v) is 3.01. The van der Waals surface area contributed by atoms with Crippen molar-refractivity contribution in [3.05, 3.63) is 0 Å². The zero-order valence-electron chi connectivity index (χ0n) is 11.9. The molecule has 1 atom stereocenters. The molecule has 0 aliphatic carbocycles. The van der Waals surface area contributed by atoms with E-state index >= 15 is 0 Å². The molecule has 118 valence electrons. The summed E-state index contributed by atoms with van der Waals surface area (Å²) >= 11 is 0. The topological polar surface area (TPSA) is 142 Å². The van der Waals surface area contributed by atoms with Gasteiger partial charge in [0.15, 0.2) is 0 Å². The number of nitrogen functional groups attached to an aromatic ring is 1. The van der Waals surface area contributed by atoms with Crippen LogP contribution < -0.4 is 21.5 Å². The Morgan fingerprint density at radius 1 is 1.29 bits per heavy atom. The van der Waals surface area contributed by atoms with Crippen molar-refractivity contribution in [1.29, 1.82) is 0 Å². The van der Waals surface area contributed by atoms with Gasteiger partial charge in [0.05, 0.1) is 19.8 Å². The third-order valence-electron chi connectivity index (χ3n) is 3.01. The Bertz CT molecular complexity index is 465. The van der Waals surface area contributed by atoms with Gasteiger partial charge in [0.2, 0.25) is 17.8 Å². The van der Waals surface area contributed by atoms with E-state index in [1.807, 2.05) is 4.90 Å². The number of rotatable bonds is 6. The highest BCUT2D eigenvalue weighted by Gasteiger charge is 2.20. The fourth-order valence-corrected chi connectivity index (χ4v) is 1.74. The van der Waals surface area contributed by atoms with Crippen LogP contribution in [0.4, 0.5) is 17.8 Å². The lowest BCUT2D eigenvalue weighted by Gasteiger charge is -2.27. The third kappa shape index (κ3) is 4.36. The van der Waals surface area contributed by atoms with Crippen molar-refractivity contribution in [3.63, 3.8) is 0 Å². The molecule has 1 aromatic rings. The van der Waals surface area contributed by atoms with Crippen molar-refractivity contribution < 1.29 is 14.9 Å². The maximum absolute atomic E-state index is 9.78. The summed E-state index contributed by atoms with van der Waals surface area (Å²) in [5.74, 6) is 6.33. The molecule has 1 unspecified atom stereocenters. The largest absolute Gasteiger partial charge is 0.393 e. The normalized spacial score (nSPS) is 18.2. The Morgan fingerprint density at radius 3 is 2.57 bits per heavy atom. The number of nitrogens with two attached hydrogens (primary N) is 1. The van der Waals surface area contributed by atoms with E-state index in [-0.39, 0.29) is 25.0 Å². The minimum absolute atomic E-state index is 0.0973. The van der Waals surface area contributed by atoms with Gasteiger partial charge in [0.25, 0.3) is 0 Å². The number of anilines is 3. The molecule has 1 aliphatic heterocycles. The van der Waals surface area contributed by atoms with E-state index in [0.29, 0.717) is 32.3 Å². The summed E-state index contributed by atoms with van der Waals surface area (Å²) in [5.41, 5.74) is 1.12. The summed E-state index contributed by atoms with van der Waals surface area (Å²) in [5, 5.41) is 21.7. The Hall–Kier alpha value is -1.75. The number of aromatic nitrogens is 3. The van der Waals surface area contributed by atoms with E-state index in [1.165, 1.54) is 6.92 Å². The number of nitrogens with zero attached hydrogens (tertiary/aromatic N) is 4. The van der Waals surface area contributed by atoms with Gasteiger partial charge < -0.3 is 25.2 Å². The quantitative estimate of drug-likeness (QED) is 0.300. The van der Waals surface area contributed by atoms with Crippen LogP contribution in [0.5, 0.6) is 0 Å². The zero-order chi connectivity index (χ0) is 15.3. The Morgan fingerprint density at radius 2 is 1.95 bits per heavy atom. The highest BCUT2D eigenvalue weighted by Crippen LogP contribution is 2.15. The van der Waals surface area contributed by atoms with Gasteiger partial charge in [-0.15, -0.1) is 0 Å².